The average Bonchev–Trinajstić information content (AvgIpc) is 2.27. The molecule has 0 atom stereocenters. The zero-order valence-corrected chi connectivity index (χ0v) is 9.92. The van der Waals surface area contributed by atoms with Crippen molar-refractivity contribution in [3.63, 3.8) is 0 Å². The van der Waals surface area contributed by atoms with Crippen LogP contribution in [-0.4, -0.2) is 20.2 Å². The highest BCUT2D eigenvalue weighted by molar-refractivity contribution is 7.88. The Morgan fingerprint density at radius 2 is 1.88 bits per heavy atom. The maximum absolute atomic E-state index is 11.5. The molecule has 0 bridgehead atoms. The summed E-state index contributed by atoms with van der Waals surface area (Å²) in [6.07, 6.45) is 0.770. The highest BCUT2D eigenvalue weighted by atomic mass is 32.2. The first-order chi connectivity index (χ1) is 7.57. The Morgan fingerprint density at radius 3 is 2.38 bits per heavy atom. The molecule has 0 heterocycles. The number of nitrogens with one attached hydrogen (secondary N) is 2. The molecule has 0 spiro atoms. The van der Waals surface area contributed by atoms with E-state index < -0.39 is 10.0 Å². The Bertz CT molecular complexity index is 414. The Hall–Kier alpha value is -1.11. The predicted molar refractivity (Wildman–Crippen MR) is 62.8 cm³/mol. The highest BCUT2D eigenvalue weighted by Crippen LogP contribution is 2.10. The van der Waals surface area contributed by atoms with Gasteiger partial charge in [-0.2, -0.15) is 0 Å². The third kappa shape index (κ3) is 4.18. The van der Waals surface area contributed by atoms with Gasteiger partial charge in [0.1, 0.15) is 0 Å². The lowest BCUT2D eigenvalue weighted by atomic mass is 10.2. The number of benzene rings is 1. The summed E-state index contributed by atoms with van der Waals surface area (Å²) in [5.41, 5.74) is 3.20. The fourth-order valence-electron chi connectivity index (χ4n) is 1.20. The van der Waals surface area contributed by atoms with Crippen molar-refractivity contribution >= 4 is 15.7 Å². The van der Waals surface area contributed by atoms with Crippen LogP contribution < -0.4 is 10.2 Å². The molecule has 1 rings (SSSR count). The number of sulfonamides is 1. The van der Waals surface area contributed by atoms with E-state index in [-0.39, 0.29) is 5.75 Å². The average molecular weight is 244 g/mol. The van der Waals surface area contributed by atoms with Gasteiger partial charge in [-0.1, -0.05) is 19.1 Å². The molecule has 0 unspecified atom stereocenters. The van der Waals surface area contributed by atoms with Crippen LogP contribution in [0.3, 0.4) is 0 Å². The van der Waals surface area contributed by atoms with E-state index in [0.717, 1.165) is 6.42 Å². The van der Waals surface area contributed by atoms with Gasteiger partial charge in [0.15, 0.2) is 0 Å². The topological polar surface area (TPSA) is 78.4 Å². The van der Waals surface area contributed by atoms with Crippen LogP contribution in [0.25, 0.3) is 0 Å². The van der Waals surface area contributed by atoms with Gasteiger partial charge in [0.25, 0.3) is 0 Å². The second kappa shape index (κ2) is 5.83. The SMILES string of the molecule is CCCNS(=O)(=O)Cc1ccc(NO)cc1. The molecule has 0 radical (unpaired) electrons. The smallest absolute Gasteiger partial charge is 0.215 e. The Labute approximate surface area is 95.5 Å². The minimum absolute atomic E-state index is 0.0429. The van der Waals surface area contributed by atoms with Gasteiger partial charge in [-0.15, -0.1) is 0 Å². The normalized spacial score (nSPS) is 11.4. The summed E-state index contributed by atoms with van der Waals surface area (Å²) in [4.78, 5) is 0. The molecule has 0 aromatic heterocycles. The summed E-state index contributed by atoms with van der Waals surface area (Å²) in [5.74, 6) is -0.0429. The summed E-state index contributed by atoms with van der Waals surface area (Å²) >= 11 is 0. The van der Waals surface area contributed by atoms with E-state index in [1.165, 1.54) is 0 Å². The minimum Gasteiger partial charge on any atom is -0.291 e. The molecule has 0 saturated heterocycles. The molecule has 0 aliphatic rings. The molecule has 90 valence electrons. The fraction of sp³-hybridized carbons (Fsp3) is 0.400. The van der Waals surface area contributed by atoms with Gasteiger partial charge in [0.2, 0.25) is 10.0 Å². The van der Waals surface area contributed by atoms with Gasteiger partial charge in [-0.3, -0.25) is 10.7 Å². The molecule has 0 aliphatic heterocycles. The summed E-state index contributed by atoms with van der Waals surface area (Å²) < 4.78 is 25.6. The van der Waals surface area contributed by atoms with Gasteiger partial charge < -0.3 is 0 Å². The zero-order valence-electron chi connectivity index (χ0n) is 9.10. The monoisotopic (exact) mass is 244 g/mol. The number of anilines is 1. The van der Waals surface area contributed by atoms with Crippen molar-refractivity contribution in [1.82, 2.24) is 4.72 Å². The van der Waals surface area contributed by atoms with Gasteiger partial charge in [0.05, 0.1) is 11.4 Å². The van der Waals surface area contributed by atoms with Gasteiger partial charge in [-0.05, 0) is 24.1 Å². The molecule has 0 fully saturated rings. The van der Waals surface area contributed by atoms with Crippen LogP contribution in [0.1, 0.15) is 18.9 Å². The molecule has 1 aromatic carbocycles. The molecule has 5 nitrogen and oxygen atoms in total. The lowest BCUT2D eigenvalue weighted by Gasteiger charge is -2.06. The number of hydrogen-bond donors (Lipinski definition) is 3. The third-order valence-corrected chi connectivity index (χ3v) is 3.37. The highest BCUT2D eigenvalue weighted by Gasteiger charge is 2.09. The summed E-state index contributed by atoms with van der Waals surface area (Å²) in [5, 5.41) is 8.60. The molecular formula is C10H16N2O3S. The Kier molecular flexibility index (Phi) is 4.72. The van der Waals surface area contributed by atoms with Crippen molar-refractivity contribution in [1.29, 1.82) is 0 Å². The zero-order chi connectivity index (χ0) is 12.0. The summed E-state index contributed by atoms with van der Waals surface area (Å²) in [6.45, 7) is 2.36. The van der Waals surface area contributed by atoms with Crippen molar-refractivity contribution < 1.29 is 13.6 Å². The molecule has 6 heteroatoms. The first kappa shape index (κ1) is 13.0. The Balaban J connectivity index is 2.65. The number of rotatable bonds is 6. The Morgan fingerprint density at radius 1 is 1.25 bits per heavy atom. The third-order valence-electron chi connectivity index (χ3n) is 2.01. The van der Waals surface area contributed by atoms with Crippen molar-refractivity contribution in [2.75, 3.05) is 12.0 Å². The molecular weight excluding hydrogens is 228 g/mol. The predicted octanol–water partition coefficient (Wildman–Crippen LogP) is 1.32. The second-order valence-corrected chi connectivity index (χ2v) is 5.27. The van der Waals surface area contributed by atoms with E-state index in [2.05, 4.69) is 4.72 Å². The largest absolute Gasteiger partial charge is 0.291 e. The second-order valence-electron chi connectivity index (χ2n) is 3.46. The van der Waals surface area contributed by atoms with Crippen LogP contribution in [0, 0.1) is 0 Å². The molecule has 16 heavy (non-hydrogen) atoms. The van der Waals surface area contributed by atoms with E-state index in [0.29, 0.717) is 17.8 Å². The van der Waals surface area contributed by atoms with Crippen LogP contribution in [0.15, 0.2) is 24.3 Å². The summed E-state index contributed by atoms with van der Waals surface area (Å²) in [7, 11) is -3.25. The van der Waals surface area contributed by atoms with E-state index in [4.69, 9.17) is 5.21 Å². The first-order valence-electron chi connectivity index (χ1n) is 5.04. The van der Waals surface area contributed by atoms with E-state index >= 15 is 0 Å². The lowest BCUT2D eigenvalue weighted by molar-refractivity contribution is 0.389. The van der Waals surface area contributed by atoms with Crippen LogP contribution >= 0.6 is 0 Å². The molecule has 3 N–H and O–H groups in total. The van der Waals surface area contributed by atoms with Crippen molar-refractivity contribution in [3.8, 4) is 0 Å². The molecule has 0 aliphatic carbocycles. The fourth-order valence-corrected chi connectivity index (χ4v) is 2.45. The van der Waals surface area contributed by atoms with Crippen LogP contribution in [0.5, 0.6) is 0 Å². The molecule has 0 amide bonds. The van der Waals surface area contributed by atoms with Crippen molar-refractivity contribution in [3.05, 3.63) is 29.8 Å². The molecule has 0 saturated carbocycles. The maximum atomic E-state index is 11.5. The van der Waals surface area contributed by atoms with E-state index in [1.54, 1.807) is 24.3 Å². The minimum atomic E-state index is -3.25. The van der Waals surface area contributed by atoms with Gasteiger partial charge in [-0.25, -0.2) is 13.1 Å². The summed E-state index contributed by atoms with van der Waals surface area (Å²) in [6, 6.07) is 6.54. The number of hydrogen-bond acceptors (Lipinski definition) is 4. The van der Waals surface area contributed by atoms with E-state index in [9.17, 15) is 8.42 Å². The maximum Gasteiger partial charge on any atom is 0.215 e. The van der Waals surface area contributed by atoms with Crippen LogP contribution in [0.4, 0.5) is 5.69 Å². The quantitative estimate of drug-likeness (QED) is 0.659. The van der Waals surface area contributed by atoms with Crippen molar-refractivity contribution in [2.24, 2.45) is 0 Å². The van der Waals surface area contributed by atoms with Crippen LogP contribution in [-0.2, 0) is 15.8 Å². The lowest BCUT2D eigenvalue weighted by Crippen LogP contribution is -2.25. The van der Waals surface area contributed by atoms with Gasteiger partial charge >= 0.3 is 0 Å². The van der Waals surface area contributed by atoms with Crippen LogP contribution in [0.2, 0.25) is 0 Å². The standard InChI is InChI=1S/C10H16N2O3S/c1-2-7-11-16(14,15)8-9-3-5-10(12-13)6-4-9/h3-6,11-13H,2,7-8H2,1H3. The van der Waals surface area contributed by atoms with Crippen molar-refractivity contribution in [2.45, 2.75) is 19.1 Å². The molecule has 1 aromatic rings. The van der Waals surface area contributed by atoms with E-state index in [1.807, 2.05) is 12.4 Å². The first-order valence-corrected chi connectivity index (χ1v) is 6.69. The van der Waals surface area contributed by atoms with Gasteiger partial charge in [0, 0.05) is 6.54 Å².